The van der Waals surface area contributed by atoms with Crippen LogP contribution in [0.15, 0.2) is 24.4 Å². The van der Waals surface area contributed by atoms with Crippen molar-refractivity contribution in [3.8, 4) is 11.5 Å². The smallest absolute Gasteiger partial charge is 0.229 e. The Hall–Kier alpha value is -2.25. The van der Waals surface area contributed by atoms with Crippen LogP contribution in [0.25, 0.3) is 0 Å². The van der Waals surface area contributed by atoms with E-state index in [0.717, 1.165) is 36.5 Å². The number of aromatic nitrogens is 2. The summed E-state index contributed by atoms with van der Waals surface area (Å²) in [6.07, 6.45) is 2.64. The number of nitrogens with zero attached hydrogens (tertiary/aromatic N) is 2. The number of benzene rings is 1. The van der Waals surface area contributed by atoms with Crippen LogP contribution in [0.4, 0.5) is 5.82 Å². The molecule has 1 amide bonds. The number of nitrogens with one attached hydrogen (secondary N) is 2. The van der Waals surface area contributed by atoms with Crippen molar-refractivity contribution in [2.24, 2.45) is 5.92 Å². The highest BCUT2D eigenvalue weighted by Crippen LogP contribution is 2.28. The molecule has 1 unspecified atom stereocenters. The van der Waals surface area contributed by atoms with Gasteiger partial charge in [0.25, 0.3) is 0 Å². The lowest BCUT2D eigenvalue weighted by molar-refractivity contribution is -0.119. The molecule has 2 aromatic rings. The molecule has 2 heterocycles. The lowest BCUT2D eigenvalue weighted by Crippen LogP contribution is -2.26. The van der Waals surface area contributed by atoms with Crippen molar-refractivity contribution in [1.29, 1.82) is 0 Å². The topological polar surface area (TPSA) is 77.4 Å². The molecule has 0 bridgehead atoms. The predicted octanol–water partition coefficient (Wildman–Crippen LogP) is 2.23. The van der Waals surface area contributed by atoms with E-state index in [1.807, 2.05) is 25.1 Å². The lowest BCUT2D eigenvalue weighted by Gasteiger charge is -2.14. The van der Waals surface area contributed by atoms with Crippen LogP contribution >= 0.6 is 12.4 Å². The molecular weight excluding hydrogens is 356 g/mol. The minimum absolute atomic E-state index is 0. The van der Waals surface area contributed by atoms with Gasteiger partial charge in [-0.1, -0.05) is 6.07 Å². The largest absolute Gasteiger partial charge is 0.493 e. The Labute approximate surface area is 159 Å². The second-order valence-corrected chi connectivity index (χ2v) is 6.20. The van der Waals surface area contributed by atoms with Crippen LogP contribution in [-0.4, -0.2) is 43.0 Å². The summed E-state index contributed by atoms with van der Waals surface area (Å²) in [6, 6.07) is 5.75. The summed E-state index contributed by atoms with van der Waals surface area (Å²) in [5.41, 5.74) is 1.96. The van der Waals surface area contributed by atoms with Crippen LogP contribution in [0, 0.1) is 12.8 Å². The number of methoxy groups -OCH3 is 2. The van der Waals surface area contributed by atoms with Crippen LogP contribution in [-0.2, 0) is 11.3 Å². The van der Waals surface area contributed by atoms with Gasteiger partial charge >= 0.3 is 0 Å². The van der Waals surface area contributed by atoms with Crippen LogP contribution in [0.5, 0.6) is 11.5 Å². The lowest BCUT2D eigenvalue weighted by atomic mass is 10.1. The highest BCUT2D eigenvalue weighted by atomic mass is 35.5. The van der Waals surface area contributed by atoms with Crippen molar-refractivity contribution in [2.75, 3.05) is 32.6 Å². The fourth-order valence-electron chi connectivity index (χ4n) is 3.01. The van der Waals surface area contributed by atoms with Gasteiger partial charge in [-0.2, -0.15) is 5.10 Å². The molecule has 2 N–H and O–H groups in total. The molecule has 1 aliphatic rings. The number of rotatable bonds is 6. The number of hydrogen-bond donors (Lipinski definition) is 2. The van der Waals surface area contributed by atoms with E-state index in [9.17, 15) is 4.79 Å². The zero-order chi connectivity index (χ0) is 17.8. The van der Waals surface area contributed by atoms with Gasteiger partial charge in [0.15, 0.2) is 11.5 Å². The molecule has 3 rings (SSSR count). The van der Waals surface area contributed by atoms with Crippen LogP contribution in [0.2, 0.25) is 0 Å². The zero-order valence-corrected chi connectivity index (χ0v) is 16.1. The maximum absolute atomic E-state index is 12.4. The average Bonchev–Trinajstić information content (AvgIpc) is 3.27. The monoisotopic (exact) mass is 380 g/mol. The van der Waals surface area contributed by atoms with Gasteiger partial charge in [-0.3, -0.25) is 4.79 Å². The zero-order valence-electron chi connectivity index (χ0n) is 15.2. The molecule has 7 nitrogen and oxygen atoms in total. The number of carbonyl (C=O) groups excluding carboxylic acids is 1. The maximum atomic E-state index is 12.4. The molecule has 8 heteroatoms. The van der Waals surface area contributed by atoms with E-state index >= 15 is 0 Å². The Morgan fingerprint density at radius 2 is 2.12 bits per heavy atom. The SMILES string of the molecule is COc1ccc(Cn2ncc(C)c2NC(=O)C2CCNC2)cc1OC.Cl. The molecular formula is C18H25ClN4O3. The van der Waals surface area contributed by atoms with Crippen LogP contribution < -0.4 is 20.1 Å². The van der Waals surface area contributed by atoms with Crippen LogP contribution in [0.1, 0.15) is 17.5 Å². The minimum Gasteiger partial charge on any atom is -0.493 e. The van der Waals surface area contributed by atoms with E-state index in [4.69, 9.17) is 9.47 Å². The summed E-state index contributed by atoms with van der Waals surface area (Å²) in [7, 11) is 3.22. The number of hydrogen-bond acceptors (Lipinski definition) is 5. The van der Waals surface area contributed by atoms with E-state index in [2.05, 4.69) is 15.7 Å². The fourth-order valence-corrected chi connectivity index (χ4v) is 3.01. The third-order valence-corrected chi connectivity index (χ3v) is 4.48. The number of amides is 1. The summed E-state index contributed by atoms with van der Waals surface area (Å²) >= 11 is 0. The number of halogens is 1. The van der Waals surface area contributed by atoms with Crippen molar-refractivity contribution in [1.82, 2.24) is 15.1 Å². The predicted molar refractivity (Wildman–Crippen MR) is 102 cm³/mol. The number of anilines is 1. The number of carbonyl (C=O) groups is 1. The van der Waals surface area contributed by atoms with Gasteiger partial charge in [0.05, 0.1) is 32.9 Å². The first-order valence-corrected chi connectivity index (χ1v) is 8.37. The number of aryl methyl sites for hydroxylation is 1. The van der Waals surface area contributed by atoms with Gasteiger partial charge in [0.2, 0.25) is 5.91 Å². The molecule has 1 fully saturated rings. The first-order chi connectivity index (χ1) is 12.1. The average molecular weight is 381 g/mol. The summed E-state index contributed by atoms with van der Waals surface area (Å²) in [4.78, 5) is 12.4. The molecule has 0 spiro atoms. The quantitative estimate of drug-likeness (QED) is 0.803. The third kappa shape index (κ3) is 4.28. The summed E-state index contributed by atoms with van der Waals surface area (Å²) in [5, 5.41) is 10.7. The Morgan fingerprint density at radius 1 is 1.35 bits per heavy atom. The molecule has 0 aliphatic carbocycles. The van der Waals surface area contributed by atoms with Gasteiger partial charge in [0, 0.05) is 12.1 Å². The van der Waals surface area contributed by atoms with E-state index in [0.29, 0.717) is 18.0 Å². The highest BCUT2D eigenvalue weighted by molar-refractivity contribution is 5.92. The summed E-state index contributed by atoms with van der Waals surface area (Å²) in [6.45, 7) is 4.10. The molecule has 1 aromatic carbocycles. The van der Waals surface area contributed by atoms with E-state index in [1.54, 1.807) is 25.1 Å². The summed E-state index contributed by atoms with van der Waals surface area (Å²) in [5.74, 6) is 2.16. The molecule has 1 aliphatic heterocycles. The second-order valence-electron chi connectivity index (χ2n) is 6.20. The summed E-state index contributed by atoms with van der Waals surface area (Å²) < 4.78 is 12.4. The van der Waals surface area contributed by atoms with Gasteiger partial charge in [0.1, 0.15) is 5.82 Å². The molecule has 1 atom stereocenters. The van der Waals surface area contributed by atoms with Gasteiger partial charge in [-0.25, -0.2) is 4.68 Å². The van der Waals surface area contributed by atoms with E-state index in [1.165, 1.54) is 0 Å². The first kappa shape index (κ1) is 20.1. The third-order valence-electron chi connectivity index (χ3n) is 4.48. The Kier molecular flexibility index (Phi) is 6.88. The number of ether oxygens (including phenoxy) is 2. The van der Waals surface area contributed by atoms with Gasteiger partial charge in [-0.05, 0) is 37.6 Å². The van der Waals surface area contributed by atoms with Gasteiger partial charge in [-0.15, -0.1) is 12.4 Å². The Bertz CT molecular complexity index is 757. The maximum Gasteiger partial charge on any atom is 0.229 e. The second kappa shape index (κ2) is 8.91. The van der Waals surface area contributed by atoms with Crippen molar-refractivity contribution in [3.05, 3.63) is 35.5 Å². The molecule has 142 valence electrons. The minimum atomic E-state index is 0. The van der Waals surface area contributed by atoms with Gasteiger partial charge < -0.3 is 20.1 Å². The molecule has 1 saturated heterocycles. The molecule has 1 aromatic heterocycles. The van der Waals surface area contributed by atoms with Crippen LogP contribution in [0.3, 0.4) is 0 Å². The van der Waals surface area contributed by atoms with Crippen molar-refractivity contribution in [3.63, 3.8) is 0 Å². The Morgan fingerprint density at radius 3 is 2.77 bits per heavy atom. The first-order valence-electron chi connectivity index (χ1n) is 8.37. The standard InChI is InChI=1S/C18H24N4O3.ClH/c1-12-9-20-22(17(12)21-18(23)14-6-7-19-10-14)11-13-4-5-15(24-2)16(8-13)25-3;/h4-5,8-9,14,19H,6-7,10-11H2,1-3H3,(H,21,23);1H. The Balaban J connectivity index is 0.00000243. The fraction of sp³-hybridized carbons (Fsp3) is 0.444. The van der Waals surface area contributed by atoms with E-state index in [-0.39, 0.29) is 24.2 Å². The van der Waals surface area contributed by atoms with E-state index < -0.39 is 0 Å². The normalized spacial score (nSPS) is 16.0. The highest BCUT2D eigenvalue weighted by Gasteiger charge is 2.24. The molecule has 26 heavy (non-hydrogen) atoms. The van der Waals surface area contributed by atoms with Crippen molar-refractivity contribution < 1.29 is 14.3 Å². The van der Waals surface area contributed by atoms with Crippen molar-refractivity contribution in [2.45, 2.75) is 19.9 Å². The molecule has 0 saturated carbocycles. The molecule has 0 radical (unpaired) electrons. The van der Waals surface area contributed by atoms with Crippen molar-refractivity contribution >= 4 is 24.1 Å².